The Morgan fingerprint density at radius 2 is 1.88 bits per heavy atom. The molecule has 2 N–H and O–H groups in total. The van der Waals surface area contributed by atoms with Crippen molar-refractivity contribution in [1.82, 2.24) is 15.6 Å². The van der Waals surface area contributed by atoms with Crippen molar-refractivity contribution in [1.29, 1.82) is 0 Å². The van der Waals surface area contributed by atoms with Gasteiger partial charge in [-0.2, -0.15) is 0 Å². The molecule has 0 saturated carbocycles. The Bertz CT molecular complexity index is 750. The zero-order valence-corrected chi connectivity index (χ0v) is 15.1. The third-order valence-corrected chi connectivity index (χ3v) is 3.77. The van der Waals surface area contributed by atoms with E-state index in [1.165, 1.54) is 7.11 Å². The van der Waals surface area contributed by atoms with Crippen LogP contribution in [0.2, 0.25) is 0 Å². The number of nitrogens with zero attached hydrogens (tertiary/aromatic N) is 1. The van der Waals surface area contributed by atoms with Gasteiger partial charge in [-0.05, 0) is 36.2 Å². The molecule has 0 aliphatic heterocycles. The molecule has 26 heavy (non-hydrogen) atoms. The normalized spacial score (nSPS) is 11.3. The van der Waals surface area contributed by atoms with Gasteiger partial charge in [0.25, 0.3) is 0 Å². The highest BCUT2D eigenvalue weighted by atomic mass is 16.5. The van der Waals surface area contributed by atoms with E-state index in [-0.39, 0.29) is 18.2 Å². The van der Waals surface area contributed by atoms with Crippen molar-refractivity contribution in [3.63, 3.8) is 0 Å². The first-order chi connectivity index (χ1) is 12.5. The fraction of sp³-hybridized carbons (Fsp3) is 0.316. The second-order valence-corrected chi connectivity index (χ2v) is 5.73. The molecule has 2 rings (SSSR count). The van der Waals surface area contributed by atoms with Crippen molar-refractivity contribution in [2.45, 2.75) is 25.9 Å². The summed E-state index contributed by atoms with van der Waals surface area (Å²) in [6.45, 7) is 2.01. The largest absolute Gasteiger partial charge is 0.493 e. The SMILES string of the molecule is COc1ccc(CC(=O)N[C@@H](C)C(=O)NCc2cccnc2)cc1OC. The highest BCUT2D eigenvalue weighted by Crippen LogP contribution is 2.27. The van der Waals surface area contributed by atoms with E-state index in [2.05, 4.69) is 15.6 Å². The molecule has 1 atom stereocenters. The minimum Gasteiger partial charge on any atom is -0.493 e. The topological polar surface area (TPSA) is 89.5 Å². The van der Waals surface area contributed by atoms with E-state index >= 15 is 0 Å². The maximum Gasteiger partial charge on any atom is 0.242 e. The van der Waals surface area contributed by atoms with Gasteiger partial charge < -0.3 is 20.1 Å². The number of pyridine rings is 1. The summed E-state index contributed by atoms with van der Waals surface area (Å²) >= 11 is 0. The first kappa shape index (κ1) is 19.2. The number of hydrogen-bond donors (Lipinski definition) is 2. The molecule has 0 aliphatic carbocycles. The molecule has 0 unspecified atom stereocenters. The quantitative estimate of drug-likeness (QED) is 0.747. The summed E-state index contributed by atoms with van der Waals surface area (Å²) in [5.41, 5.74) is 1.66. The Hall–Kier alpha value is -3.09. The van der Waals surface area contributed by atoms with Gasteiger partial charge in [0.2, 0.25) is 11.8 Å². The minimum atomic E-state index is -0.640. The number of ether oxygens (including phenoxy) is 2. The van der Waals surface area contributed by atoms with Crippen molar-refractivity contribution >= 4 is 11.8 Å². The van der Waals surface area contributed by atoms with E-state index in [9.17, 15) is 9.59 Å². The molecule has 0 radical (unpaired) electrons. The fourth-order valence-corrected chi connectivity index (χ4v) is 2.38. The summed E-state index contributed by atoms with van der Waals surface area (Å²) < 4.78 is 10.4. The number of methoxy groups -OCH3 is 2. The van der Waals surface area contributed by atoms with Gasteiger partial charge >= 0.3 is 0 Å². The van der Waals surface area contributed by atoms with Crippen LogP contribution in [0.4, 0.5) is 0 Å². The average molecular weight is 357 g/mol. The first-order valence-corrected chi connectivity index (χ1v) is 8.20. The van der Waals surface area contributed by atoms with E-state index in [1.807, 2.05) is 6.07 Å². The van der Waals surface area contributed by atoms with Gasteiger partial charge in [0.15, 0.2) is 11.5 Å². The fourth-order valence-electron chi connectivity index (χ4n) is 2.38. The molecule has 0 spiro atoms. The molecular formula is C19H23N3O4. The number of rotatable bonds is 8. The lowest BCUT2D eigenvalue weighted by molar-refractivity contribution is -0.128. The molecule has 138 valence electrons. The standard InChI is InChI=1S/C19H23N3O4/c1-13(19(24)21-12-15-5-4-8-20-11-15)22-18(23)10-14-6-7-16(25-2)17(9-14)26-3/h4-9,11,13H,10,12H2,1-3H3,(H,21,24)(H,22,23)/t13-/m0/s1. The van der Waals surface area contributed by atoms with Crippen molar-refractivity contribution in [3.8, 4) is 11.5 Å². The van der Waals surface area contributed by atoms with Crippen LogP contribution >= 0.6 is 0 Å². The summed E-state index contributed by atoms with van der Waals surface area (Å²) in [6, 6.07) is 8.30. The van der Waals surface area contributed by atoms with E-state index in [0.717, 1.165) is 11.1 Å². The van der Waals surface area contributed by atoms with Crippen LogP contribution in [-0.2, 0) is 22.6 Å². The molecule has 1 aromatic carbocycles. The summed E-state index contributed by atoms with van der Waals surface area (Å²) in [5.74, 6) is 0.649. The van der Waals surface area contributed by atoms with Crippen LogP contribution in [0.25, 0.3) is 0 Å². The molecule has 0 bridgehead atoms. The van der Waals surface area contributed by atoms with Crippen molar-refractivity contribution in [2.75, 3.05) is 14.2 Å². The van der Waals surface area contributed by atoms with Gasteiger partial charge in [0, 0.05) is 18.9 Å². The van der Waals surface area contributed by atoms with Crippen LogP contribution in [-0.4, -0.2) is 37.1 Å². The van der Waals surface area contributed by atoms with E-state index in [4.69, 9.17) is 9.47 Å². The van der Waals surface area contributed by atoms with Gasteiger partial charge in [-0.3, -0.25) is 14.6 Å². The van der Waals surface area contributed by atoms with E-state index < -0.39 is 6.04 Å². The van der Waals surface area contributed by atoms with Crippen LogP contribution in [0.1, 0.15) is 18.1 Å². The number of carbonyl (C=O) groups is 2. The van der Waals surface area contributed by atoms with Crippen molar-refractivity contribution < 1.29 is 19.1 Å². The number of amides is 2. The maximum absolute atomic E-state index is 12.2. The molecule has 2 aromatic rings. The Balaban J connectivity index is 1.85. The van der Waals surface area contributed by atoms with Crippen LogP contribution in [0, 0.1) is 0 Å². The first-order valence-electron chi connectivity index (χ1n) is 8.20. The van der Waals surface area contributed by atoms with Gasteiger partial charge in [-0.15, -0.1) is 0 Å². The number of hydrogen-bond acceptors (Lipinski definition) is 5. The smallest absolute Gasteiger partial charge is 0.242 e. The Labute approximate surface area is 152 Å². The summed E-state index contributed by atoms with van der Waals surface area (Å²) in [4.78, 5) is 28.3. The lowest BCUT2D eigenvalue weighted by Crippen LogP contribution is -2.45. The molecule has 7 nitrogen and oxygen atoms in total. The molecule has 0 aliphatic rings. The Morgan fingerprint density at radius 3 is 2.54 bits per heavy atom. The molecule has 0 fully saturated rings. The van der Waals surface area contributed by atoms with Crippen molar-refractivity contribution in [3.05, 3.63) is 53.9 Å². The minimum absolute atomic E-state index is 0.139. The van der Waals surface area contributed by atoms with Gasteiger partial charge in [-0.1, -0.05) is 12.1 Å². The molecule has 1 heterocycles. The average Bonchev–Trinajstić information content (AvgIpc) is 2.66. The lowest BCUT2D eigenvalue weighted by Gasteiger charge is -2.15. The molecular weight excluding hydrogens is 334 g/mol. The Kier molecular flexibility index (Phi) is 6.96. The predicted molar refractivity (Wildman–Crippen MR) is 96.9 cm³/mol. The van der Waals surface area contributed by atoms with E-state index in [0.29, 0.717) is 18.0 Å². The van der Waals surface area contributed by atoms with Crippen LogP contribution in [0.15, 0.2) is 42.7 Å². The van der Waals surface area contributed by atoms with Gasteiger partial charge in [-0.25, -0.2) is 0 Å². The number of carbonyl (C=O) groups excluding carboxylic acids is 2. The summed E-state index contributed by atoms with van der Waals surface area (Å²) in [6.07, 6.45) is 3.49. The van der Waals surface area contributed by atoms with Gasteiger partial charge in [0.1, 0.15) is 6.04 Å². The zero-order valence-electron chi connectivity index (χ0n) is 15.1. The molecule has 7 heteroatoms. The third-order valence-electron chi connectivity index (χ3n) is 3.77. The number of benzene rings is 1. The molecule has 0 saturated heterocycles. The summed E-state index contributed by atoms with van der Waals surface area (Å²) in [7, 11) is 3.09. The third kappa shape index (κ3) is 5.47. The summed E-state index contributed by atoms with van der Waals surface area (Å²) in [5, 5.41) is 5.46. The van der Waals surface area contributed by atoms with Crippen LogP contribution in [0.5, 0.6) is 11.5 Å². The van der Waals surface area contributed by atoms with Crippen LogP contribution in [0.3, 0.4) is 0 Å². The highest BCUT2D eigenvalue weighted by molar-refractivity contribution is 5.88. The van der Waals surface area contributed by atoms with Crippen molar-refractivity contribution in [2.24, 2.45) is 0 Å². The monoisotopic (exact) mass is 357 g/mol. The van der Waals surface area contributed by atoms with Crippen LogP contribution < -0.4 is 20.1 Å². The second kappa shape index (κ2) is 9.41. The maximum atomic E-state index is 12.2. The predicted octanol–water partition coefficient (Wildman–Crippen LogP) is 1.46. The Morgan fingerprint density at radius 1 is 1.12 bits per heavy atom. The number of nitrogens with one attached hydrogen (secondary N) is 2. The highest BCUT2D eigenvalue weighted by Gasteiger charge is 2.16. The van der Waals surface area contributed by atoms with Gasteiger partial charge in [0.05, 0.1) is 20.6 Å². The zero-order chi connectivity index (χ0) is 18.9. The van der Waals surface area contributed by atoms with E-state index in [1.54, 1.807) is 50.7 Å². The lowest BCUT2D eigenvalue weighted by atomic mass is 10.1. The number of aromatic nitrogens is 1. The second-order valence-electron chi connectivity index (χ2n) is 5.73. The molecule has 2 amide bonds. The molecule has 1 aromatic heterocycles.